The Kier molecular flexibility index (Phi) is 7.84. The van der Waals surface area contributed by atoms with Crippen LogP contribution in [0, 0.1) is 6.92 Å². The fourth-order valence-electron chi connectivity index (χ4n) is 2.76. The van der Waals surface area contributed by atoms with Gasteiger partial charge in [-0.15, -0.1) is 0 Å². The van der Waals surface area contributed by atoms with Gasteiger partial charge in [-0.2, -0.15) is 0 Å². The average molecular weight is 404 g/mol. The largest absolute Gasteiger partial charge is 0.495 e. The molecule has 0 fully saturated rings. The summed E-state index contributed by atoms with van der Waals surface area (Å²) in [7, 11) is 5.01. The van der Waals surface area contributed by atoms with Crippen molar-refractivity contribution >= 4 is 29.1 Å². The lowest BCUT2D eigenvalue weighted by molar-refractivity contribution is -0.134. The highest BCUT2D eigenvalue weighted by Crippen LogP contribution is 2.27. The predicted octanol–water partition coefficient (Wildman–Crippen LogP) is 3.19. The molecule has 28 heavy (non-hydrogen) atoms. The van der Waals surface area contributed by atoms with Crippen LogP contribution in [0.1, 0.15) is 11.1 Å². The zero-order valence-electron chi connectivity index (χ0n) is 16.7. The third kappa shape index (κ3) is 6.25. The molecule has 0 aliphatic carbocycles. The number of ether oxygens (including phenoxy) is 1. The SMILES string of the molecule is COc1ccc(Cl)cc1NC(=O)CN(C)C(=O)CN(C)Cc1ccccc1C. The van der Waals surface area contributed by atoms with Gasteiger partial charge in [0, 0.05) is 18.6 Å². The first-order valence-corrected chi connectivity index (χ1v) is 9.28. The van der Waals surface area contributed by atoms with Crippen LogP contribution in [0.4, 0.5) is 5.69 Å². The van der Waals surface area contributed by atoms with Gasteiger partial charge in [0.15, 0.2) is 0 Å². The molecule has 2 aromatic carbocycles. The van der Waals surface area contributed by atoms with E-state index in [0.29, 0.717) is 23.0 Å². The highest BCUT2D eigenvalue weighted by molar-refractivity contribution is 6.31. The molecule has 0 saturated heterocycles. The number of nitrogens with zero attached hydrogens (tertiary/aromatic N) is 2. The number of rotatable bonds is 8. The zero-order chi connectivity index (χ0) is 20.7. The Morgan fingerprint density at radius 2 is 1.82 bits per heavy atom. The molecule has 0 radical (unpaired) electrons. The molecular weight excluding hydrogens is 378 g/mol. The van der Waals surface area contributed by atoms with Crippen molar-refractivity contribution in [1.82, 2.24) is 9.80 Å². The zero-order valence-corrected chi connectivity index (χ0v) is 17.4. The summed E-state index contributed by atoms with van der Waals surface area (Å²) >= 11 is 5.97. The lowest BCUT2D eigenvalue weighted by Gasteiger charge is -2.22. The van der Waals surface area contributed by atoms with Crippen molar-refractivity contribution < 1.29 is 14.3 Å². The second kappa shape index (κ2) is 10.1. The van der Waals surface area contributed by atoms with Gasteiger partial charge in [-0.1, -0.05) is 35.9 Å². The van der Waals surface area contributed by atoms with Gasteiger partial charge in [0.1, 0.15) is 5.75 Å². The number of anilines is 1. The normalized spacial score (nSPS) is 10.6. The van der Waals surface area contributed by atoms with Crippen molar-refractivity contribution in [2.75, 3.05) is 39.6 Å². The van der Waals surface area contributed by atoms with E-state index in [-0.39, 0.29) is 24.9 Å². The van der Waals surface area contributed by atoms with E-state index in [1.165, 1.54) is 23.1 Å². The van der Waals surface area contributed by atoms with Crippen LogP contribution in [0.2, 0.25) is 5.02 Å². The van der Waals surface area contributed by atoms with Crippen molar-refractivity contribution in [3.05, 3.63) is 58.6 Å². The first-order chi connectivity index (χ1) is 13.3. The Morgan fingerprint density at radius 1 is 1.11 bits per heavy atom. The highest BCUT2D eigenvalue weighted by Gasteiger charge is 2.16. The summed E-state index contributed by atoms with van der Waals surface area (Å²) in [6, 6.07) is 13.0. The molecule has 0 aliphatic rings. The number of nitrogens with one attached hydrogen (secondary N) is 1. The third-order valence-electron chi connectivity index (χ3n) is 4.35. The van der Waals surface area contributed by atoms with Gasteiger partial charge in [0.05, 0.1) is 25.9 Å². The van der Waals surface area contributed by atoms with Gasteiger partial charge in [0.2, 0.25) is 11.8 Å². The molecule has 0 aromatic heterocycles. The molecule has 0 aliphatic heterocycles. The number of carbonyl (C=O) groups excluding carboxylic acids is 2. The van der Waals surface area contributed by atoms with Crippen LogP contribution in [0.15, 0.2) is 42.5 Å². The molecule has 0 spiro atoms. The number of halogens is 1. The average Bonchev–Trinajstić information content (AvgIpc) is 2.63. The maximum atomic E-state index is 12.5. The van der Waals surface area contributed by atoms with E-state index in [4.69, 9.17) is 16.3 Å². The smallest absolute Gasteiger partial charge is 0.244 e. The van der Waals surface area contributed by atoms with Crippen LogP contribution in [-0.2, 0) is 16.1 Å². The number of hydrogen-bond donors (Lipinski definition) is 1. The van der Waals surface area contributed by atoms with E-state index >= 15 is 0 Å². The number of methoxy groups -OCH3 is 1. The molecule has 0 atom stereocenters. The molecule has 0 bridgehead atoms. The maximum absolute atomic E-state index is 12.5. The van der Waals surface area contributed by atoms with E-state index in [1.54, 1.807) is 25.2 Å². The minimum absolute atomic E-state index is 0.0628. The Balaban J connectivity index is 1.88. The Bertz CT molecular complexity index is 841. The van der Waals surface area contributed by atoms with E-state index in [0.717, 1.165) is 0 Å². The fraction of sp³-hybridized carbons (Fsp3) is 0.333. The monoisotopic (exact) mass is 403 g/mol. The summed E-state index contributed by atoms with van der Waals surface area (Å²) in [4.78, 5) is 28.1. The lowest BCUT2D eigenvalue weighted by atomic mass is 10.1. The van der Waals surface area contributed by atoms with Crippen molar-refractivity contribution in [1.29, 1.82) is 0 Å². The van der Waals surface area contributed by atoms with Gasteiger partial charge >= 0.3 is 0 Å². The number of likely N-dealkylation sites (N-methyl/N-ethyl adjacent to an activating group) is 2. The van der Waals surface area contributed by atoms with Crippen LogP contribution >= 0.6 is 11.6 Å². The van der Waals surface area contributed by atoms with E-state index in [2.05, 4.69) is 5.32 Å². The Hall–Kier alpha value is -2.57. The summed E-state index contributed by atoms with van der Waals surface area (Å²) in [6.07, 6.45) is 0. The highest BCUT2D eigenvalue weighted by atomic mass is 35.5. The standard InChI is InChI=1S/C21H26ClN3O3/c1-15-7-5-6-8-16(15)12-24(2)14-21(27)25(3)13-20(26)23-18-11-17(22)9-10-19(18)28-4/h5-11H,12-14H2,1-4H3,(H,23,26). The molecular formula is C21H26ClN3O3. The third-order valence-corrected chi connectivity index (χ3v) is 4.58. The van der Waals surface area contributed by atoms with Crippen molar-refractivity contribution in [2.24, 2.45) is 0 Å². The van der Waals surface area contributed by atoms with Crippen molar-refractivity contribution in [3.8, 4) is 5.75 Å². The number of amides is 2. The van der Waals surface area contributed by atoms with Crippen LogP contribution < -0.4 is 10.1 Å². The predicted molar refractivity (Wildman–Crippen MR) is 112 cm³/mol. The molecule has 1 N–H and O–H groups in total. The van der Waals surface area contributed by atoms with Gasteiger partial charge in [0.25, 0.3) is 0 Å². The minimum Gasteiger partial charge on any atom is -0.495 e. The lowest BCUT2D eigenvalue weighted by Crippen LogP contribution is -2.40. The number of carbonyl (C=O) groups is 2. The van der Waals surface area contributed by atoms with E-state index < -0.39 is 0 Å². The molecule has 0 heterocycles. The number of aryl methyl sites for hydroxylation is 1. The van der Waals surface area contributed by atoms with Gasteiger partial charge in [-0.05, 0) is 43.3 Å². The quantitative estimate of drug-likeness (QED) is 0.735. The molecule has 2 rings (SSSR count). The molecule has 2 amide bonds. The summed E-state index contributed by atoms with van der Waals surface area (Å²) < 4.78 is 5.21. The molecule has 0 unspecified atom stereocenters. The number of benzene rings is 2. The van der Waals surface area contributed by atoms with Gasteiger partial charge in [-0.25, -0.2) is 0 Å². The molecule has 6 nitrogen and oxygen atoms in total. The Morgan fingerprint density at radius 3 is 2.50 bits per heavy atom. The van der Waals surface area contributed by atoms with E-state index in [9.17, 15) is 9.59 Å². The topological polar surface area (TPSA) is 61.9 Å². The molecule has 0 saturated carbocycles. The Labute approximate surface area is 171 Å². The van der Waals surface area contributed by atoms with Crippen molar-refractivity contribution in [3.63, 3.8) is 0 Å². The van der Waals surface area contributed by atoms with Crippen LogP contribution in [-0.4, -0.2) is 55.9 Å². The molecule has 7 heteroatoms. The van der Waals surface area contributed by atoms with Gasteiger partial charge < -0.3 is 15.0 Å². The minimum atomic E-state index is -0.321. The van der Waals surface area contributed by atoms with E-state index in [1.807, 2.05) is 43.1 Å². The summed E-state index contributed by atoms with van der Waals surface area (Å²) in [6.45, 7) is 2.87. The van der Waals surface area contributed by atoms with Crippen LogP contribution in [0.5, 0.6) is 5.75 Å². The summed E-state index contributed by atoms with van der Waals surface area (Å²) in [5.41, 5.74) is 2.83. The first kappa shape index (κ1) is 21.7. The summed E-state index contributed by atoms with van der Waals surface area (Å²) in [5, 5.41) is 3.22. The molecule has 2 aromatic rings. The van der Waals surface area contributed by atoms with Crippen LogP contribution in [0.3, 0.4) is 0 Å². The second-order valence-electron chi connectivity index (χ2n) is 6.74. The van der Waals surface area contributed by atoms with Crippen LogP contribution in [0.25, 0.3) is 0 Å². The fourth-order valence-corrected chi connectivity index (χ4v) is 2.93. The number of hydrogen-bond acceptors (Lipinski definition) is 4. The first-order valence-electron chi connectivity index (χ1n) is 8.90. The summed E-state index contributed by atoms with van der Waals surface area (Å²) in [5.74, 6) is 0.0481. The maximum Gasteiger partial charge on any atom is 0.244 e. The van der Waals surface area contributed by atoms with Crippen molar-refractivity contribution in [2.45, 2.75) is 13.5 Å². The van der Waals surface area contributed by atoms with Gasteiger partial charge in [-0.3, -0.25) is 14.5 Å². The second-order valence-corrected chi connectivity index (χ2v) is 7.18. The molecule has 150 valence electrons.